The third kappa shape index (κ3) is 3.80. The molecular weight excluding hydrogens is 332 g/mol. The van der Waals surface area contributed by atoms with Crippen LogP contribution in [0.4, 0.5) is 0 Å². The summed E-state index contributed by atoms with van der Waals surface area (Å²) >= 11 is 5.92. The number of aliphatic hydroxyl groups is 1. The quantitative estimate of drug-likeness (QED) is 0.772. The third-order valence-electron chi connectivity index (χ3n) is 3.62. The van der Waals surface area contributed by atoms with E-state index in [1.807, 2.05) is 0 Å². The van der Waals surface area contributed by atoms with Gasteiger partial charge in [0.1, 0.15) is 0 Å². The van der Waals surface area contributed by atoms with Crippen molar-refractivity contribution in [2.45, 2.75) is 12.5 Å². The molecule has 0 fully saturated rings. The Bertz CT molecular complexity index is 729. The summed E-state index contributed by atoms with van der Waals surface area (Å²) in [4.78, 5) is 12.6. The SMILES string of the molecule is COc1ccc(C(=O)CC(O)c2cccc(Cl)c2)c(OC)c1OC. The highest BCUT2D eigenvalue weighted by atomic mass is 35.5. The van der Waals surface area contributed by atoms with Gasteiger partial charge in [-0.05, 0) is 29.8 Å². The molecule has 0 aliphatic carbocycles. The number of methoxy groups -OCH3 is 3. The van der Waals surface area contributed by atoms with E-state index in [0.29, 0.717) is 27.6 Å². The molecule has 2 rings (SSSR count). The van der Waals surface area contributed by atoms with E-state index in [1.165, 1.54) is 21.3 Å². The molecule has 6 heteroatoms. The zero-order chi connectivity index (χ0) is 17.7. The Kier molecular flexibility index (Phi) is 6.06. The van der Waals surface area contributed by atoms with Crippen molar-refractivity contribution in [3.8, 4) is 17.2 Å². The van der Waals surface area contributed by atoms with E-state index in [1.54, 1.807) is 36.4 Å². The monoisotopic (exact) mass is 350 g/mol. The smallest absolute Gasteiger partial charge is 0.204 e. The zero-order valence-corrected chi connectivity index (χ0v) is 14.5. The maximum absolute atomic E-state index is 12.6. The summed E-state index contributed by atoms with van der Waals surface area (Å²) in [5, 5.41) is 10.8. The fraction of sp³-hybridized carbons (Fsp3) is 0.278. The van der Waals surface area contributed by atoms with E-state index in [0.717, 1.165) is 0 Å². The van der Waals surface area contributed by atoms with E-state index < -0.39 is 6.10 Å². The second kappa shape index (κ2) is 8.04. The molecule has 0 spiro atoms. The van der Waals surface area contributed by atoms with Crippen LogP contribution in [0.1, 0.15) is 28.4 Å². The molecule has 0 radical (unpaired) electrons. The number of hydrogen-bond acceptors (Lipinski definition) is 5. The van der Waals surface area contributed by atoms with E-state index in [2.05, 4.69) is 0 Å². The van der Waals surface area contributed by atoms with Crippen molar-refractivity contribution in [1.29, 1.82) is 0 Å². The van der Waals surface area contributed by atoms with Gasteiger partial charge < -0.3 is 19.3 Å². The largest absolute Gasteiger partial charge is 0.493 e. The molecule has 0 saturated heterocycles. The molecule has 5 nitrogen and oxygen atoms in total. The van der Waals surface area contributed by atoms with Gasteiger partial charge >= 0.3 is 0 Å². The highest BCUT2D eigenvalue weighted by Crippen LogP contribution is 2.40. The van der Waals surface area contributed by atoms with Crippen LogP contribution in [0.25, 0.3) is 0 Å². The molecule has 2 aromatic carbocycles. The van der Waals surface area contributed by atoms with Gasteiger partial charge in [0.05, 0.1) is 33.0 Å². The van der Waals surface area contributed by atoms with E-state index in [9.17, 15) is 9.90 Å². The van der Waals surface area contributed by atoms with Gasteiger partial charge in [-0.2, -0.15) is 0 Å². The van der Waals surface area contributed by atoms with Gasteiger partial charge in [-0.25, -0.2) is 0 Å². The van der Waals surface area contributed by atoms with Crippen molar-refractivity contribution in [3.05, 3.63) is 52.5 Å². The van der Waals surface area contributed by atoms with Gasteiger partial charge in [0.25, 0.3) is 0 Å². The Hall–Kier alpha value is -2.24. The van der Waals surface area contributed by atoms with Gasteiger partial charge in [0, 0.05) is 11.4 Å². The molecule has 1 N–H and O–H groups in total. The minimum atomic E-state index is -0.964. The second-order valence-corrected chi connectivity index (χ2v) is 5.52. The summed E-state index contributed by atoms with van der Waals surface area (Å²) in [7, 11) is 4.42. The van der Waals surface area contributed by atoms with E-state index in [-0.39, 0.29) is 18.0 Å². The predicted octanol–water partition coefficient (Wildman–Crippen LogP) is 3.67. The predicted molar refractivity (Wildman–Crippen MR) is 91.5 cm³/mol. The van der Waals surface area contributed by atoms with Crippen molar-refractivity contribution in [2.24, 2.45) is 0 Å². The van der Waals surface area contributed by atoms with Crippen molar-refractivity contribution in [1.82, 2.24) is 0 Å². The van der Waals surface area contributed by atoms with Crippen LogP contribution in [0, 0.1) is 0 Å². The highest BCUT2D eigenvalue weighted by molar-refractivity contribution is 6.30. The van der Waals surface area contributed by atoms with Crippen molar-refractivity contribution in [2.75, 3.05) is 21.3 Å². The number of ether oxygens (including phenoxy) is 3. The summed E-state index contributed by atoms with van der Waals surface area (Å²) in [6.45, 7) is 0. The lowest BCUT2D eigenvalue weighted by atomic mass is 9.99. The number of carbonyl (C=O) groups excluding carboxylic acids is 1. The summed E-state index contributed by atoms with van der Waals surface area (Å²) in [5.74, 6) is 0.796. The molecule has 0 amide bonds. The molecule has 24 heavy (non-hydrogen) atoms. The van der Waals surface area contributed by atoms with Crippen LogP contribution in [0.3, 0.4) is 0 Å². The first-order valence-electron chi connectivity index (χ1n) is 7.27. The molecule has 128 valence electrons. The first-order chi connectivity index (χ1) is 11.5. The van der Waals surface area contributed by atoms with Gasteiger partial charge in [0.2, 0.25) is 5.75 Å². The number of benzene rings is 2. The van der Waals surface area contributed by atoms with Crippen LogP contribution in [0.15, 0.2) is 36.4 Å². The van der Waals surface area contributed by atoms with Crippen LogP contribution < -0.4 is 14.2 Å². The molecule has 0 aliphatic rings. The summed E-state index contributed by atoms with van der Waals surface area (Å²) in [5.41, 5.74) is 0.895. The Labute approximate surface area is 145 Å². The highest BCUT2D eigenvalue weighted by Gasteiger charge is 2.23. The van der Waals surface area contributed by atoms with Gasteiger partial charge in [0.15, 0.2) is 17.3 Å². The fourth-order valence-electron chi connectivity index (χ4n) is 2.44. The van der Waals surface area contributed by atoms with E-state index in [4.69, 9.17) is 25.8 Å². The second-order valence-electron chi connectivity index (χ2n) is 5.08. The van der Waals surface area contributed by atoms with Crippen molar-refractivity contribution >= 4 is 17.4 Å². The minimum absolute atomic E-state index is 0.105. The van der Waals surface area contributed by atoms with Crippen LogP contribution >= 0.6 is 11.6 Å². The summed E-state index contributed by atoms with van der Waals surface area (Å²) in [6.07, 6.45) is -1.07. The first-order valence-corrected chi connectivity index (χ1v) is 7.65. The standard InChI is InChI=1S/C18H19ClO5/c1-22-16-8-7-13(17(23-2)18(16)24-3)15(21)10-14(20)11-5-4-6-12(19)9-11/h4-9,14,20H,10H2,1-3H3. The number of aliphatic hydroxyl groups excluding tert-OH is 1. The third-order valence-corrected chi connectivity index (χ3v) is 3.85. The molecule has 2 aromatic rings. The zero-order valence-electron chi connectivity index (χ0n) is 13.7. The lowest BCUT2D eigenvalue weighted by molar-refractivity contribution is 0.0876. The number of Topliss-reactive ketones (excluding diaryl/α,β-unsaturated/α-hetero) is 1. The van der Waals surface area contributed by atoms with Gasteiger partial charge in [-0.3, -0.25) is 4.79 Å². The number of ketones is 1. The van der Waals surface area contributed by atoms with Crippen LogP contribution in [-0.2, 0) is 0 Å². The topological polar surface area (TPSA) is 65.0 Å². The average molecular weight is 351 g/mol. The summed E-state index contributed by atoms with van der Waals surface area (Å²) < 4.78 is 15.8. The van der Waals surface area contributed by atoms with Crippen molar-refractivity contribution < 1.29 is 24.1 Å². The average Bonchev–Trinajstić information content (AvgIpc) is 2.59. The van der Waals surface area contributed by atoms with Crippen LogP contribution in [0.5, 0.6) is 17.2 Å². The van der Waals surface area contributed by atoms with Crippen molar-refractivity contribution in [3.63, 3.8) is 0 Å². The first kappa shape index (κ1) is 18.1. The molecular formula is C18H19ClO5. The Balaban J connectivity index is 2.29. The summed E-state index contributed by atoms with van der Waals surface area (Å²) in [6, 6.07) is 9.99. The number of rotatable bonds is 7. The Morgan fingerprint density at radius 2 is 1.79 bits per heavy atom. The Morgan fingerprint density at radius 3 is 2.38 bits per heavy atom. The molecule has 1 unspecified atom stereocenters. The number of hydrogen-bond donors (Lipinski definition) is 1. The normalized spacial score (nSPS) is 11.7. The molecule has 0 bridgehead atoms. The maximum Gasteiger partial charge on any atom is 0.204 e. The number of halogens is 1. The maximum atomic E-state index is 12.6. The number of carbonyl (C=O) groups is 1. The fourth-order valence-corrected chi connectivity index (χ4v) is 2.64. The lowest BCUT2D eigenvalue weighted by Gasteiger charge is -2.16. The van der Waals surface area contributed by atoms with Gasteiger partial charge in [-0.15, -0.1) is 0 Å². The van der Waals surface area contributed by atoms with Gasteiger partial charge in [-0.1, -0.05) is 23.7 Å². The molecule has 0 saturated carbocycles. The Morgan fingerprint density at radius 1 is 1.08 bits per heavy atom. The van der Waals surface area contributed by atoms with Crippen LogP contribution in [-0.4, -0.2) is 32.2 Å². The minimum Gasteiger partial charge on any atom is -0.493 e. The molecule has 1 atom stereocenters. The van der Waals surface area contributed by atoms with Crippen LogP contribution in [0.2, 0.25) is 5.02 Å². The molecule has 0 aromatic heterocycles. The lowest BCUT2D eigenvalue weighted by Crippen LogP contribution is -2.09. The van der Waals surface area contributed by atoms with E-state index >= 15 is 0 Å². The molecule has 0 heterocycles. The molecule has 0 aliphatic heterocycles.